The third kappa shape index (κ3) is 4.96. The van der Waals surface area contributed by atoms with Crippen molar-refractivity contribution in [2.45, 2.75) is 40.0 Å². The van der Waals surface area contributed by atoms with Gasteiger partial charge in [0, 0.05) is 11.8 Å². The van der Waals surface area contributed by atoms with Crippen LogP contribution in [0.3, 0.4) is 0 Å². The van der Waals surface area contributed by atoms with Crippen molar-refractivity contribution in [3.05, 3.63) is 0 Å². The minimum absolute atomic E-state index is 0.172. The van der Waals surface area contributed by atoms with E-state index in [9.17, 15) is 4.79 Å². The summed E-state index contributed by atoms with van der Waals surface area (Å²) in [5.74, 6) is 0.339. The lowest BCUT2D eigenvalue weighted by Gasteiger charge is -2.15. The molecule has 0 amide bonds. The Morgan fingerprint density at radius 2 is 1.82 bits per heavy atom. The Morgan fingerprint density at radius 1 is 1.27 bits per heavy atom. The maximum atomic E-state index is 11.3. The van der Waals surface area contributed by atoms with E-state index in [0.717, 1.165) is 12.8 Å². The highest BCUT2D eigenvalue weighted by Gasteiger charge is 2.19. The molecule has 0 aliphatic heterocycles. The van der Waals surface area contributed by atoms with Crippen LogP contribution in [-0.4, -0.2) is 12.3 Å². The molecule has 0 atom stereocenters. The Bertz CT molecular complexity index is 124. The number of hydrogen-bond donors (Lipinski definition) is 1. The molecule has 0 bridgehead atoms. The van der Waals surface area contributed by atoms with Crippen molar-refractivity contribution in [3.8, 4) is 0 Å². The summed E-state index contributed by atoms with van der Waals surface area (Å²) in [5.41, 5.74) is 5.14. The first-order valence-electron chi connectivity index (χ1n) is 4.22. The molecule has 0 aromatic rings. The number of Topliss-reactive ketones (excluding diaryl/α,β-unsaturated/α-hetero) is 1. The van der Waals surface area contributed by atoms with Crippen LogP contribution < -0.4 is 5.73 Å². The molecule has 2 nitrogen and oxygen atoms in total. The average molecular weight is 157 g/mol. The third-order valence-corrected chi connectivity index (χ3v) is 1.69. The molecule has 2 heteroatoms. The molecule has 0 radical (unpaired) electrons. The molecule has 0 unspecified atom stereocenters. The van der Waals surface area contributed by atoms with E-state index in [4.69, 9.17) is 5.73 Å². The minimum Gasteiger partial charge on any atom is -0.330 e. The van der Waals surface area contributed by atoms with Gasteiger partial charge in [-0.05, 0) is 19.4 Å². The maximum absolute atomic E-state index is 11.3. The second-order valence-electron chi connectivity index (χ2n) is 3.92. The van der Waals surface area contributed by atoms with Crippen molar-refractivity contribution in [2.75, 3.05) is 6.54 Å². The molecule has 0 rings (SSSR count). The lowest BCUT2D eigenvalue weighted by atomic mass is 9.88. The predicted octanol–water partition coefficient (Wildman–Crippen LogP) is 1.73. The van der Waals surface area contributed by atoms with Crippen LogP contribution in [0.25, 0.3) is 0 Å². The zero-order valence-electron chi connectivity index (χ0n) is 7.81. The number of carbonyl (C=O) groups is 1. The number of ketones is 1. The molecular weight excluding hydrogens is 138 g/mol. The van der Waals surface area contributed by atoms with Gasteiger partial charge >= 0.3 is 0 Å². The van der Waals surface area contributed by atoms with Gasteiger partial charge in [-0.2, -0.15) is 0 Å². The van der Waals surface area contributed by atoms with Crippen molar-refractivity contribution in [3.63, 3.8) is 0 Å². The van der Waals surface area contributed by atoms with Gasteiger partial charge in [-0.3, -0.25) is 4.79 Å². The first-order valence-corrected chi connectivity index (χ1v) is 4.22. The van der Waals surface area contributed by atoms with Gasteiger partial charge in [0.05, 0.1) is 0 Å². The van der Waals surface area contributed by atoms with E-state index in [0.29, 0.717) is 18.7 Å². The monoisotopic (exact) mass is 157 g/mol. The van der Waals surface area contributed by atoms with Crippen LogP contribution >= 0.6 is 0 Å². The summed E-state index contributed by atoms with van der Waals surface area (Å²) in [6.07, 6.45) is 2.58. The second-order valence-corrected chi connectivity index (χ2v) is 3.92. The van der Waals surface area contributed by atoms with Crippen molar-refractivity contribution in [1.29, 1.82) is 0 Å². The molecule has 0 saturated heterocycles. The van der Waals surface area contributed by atoms with Gasteiger partial charge < -0.3 is 5.73 Å². The molecular formula is C9H19NO. The van der Waals surface area contributed by atoms with Crippen molar-refractivity contribution < 1.29 is 4.79 Å². The molecule has 66 valence electrons. The van der Waals surface area contributed by atoms with Crippen molar-refractivity contribution in [2.24, 2.45) is 11.1 Å². The normalized spacial score (nSPS) is 11.6. The number of carbonyl (C=O) groups excluding carboxylic acids is 1. The summed E-state index contributed by atoms with van der Waals surface area (Å²) in [6.45, 7) is 6.56. The highest BCUT2D eigenvalue weighted by Crippen LogP contribution is 2.17. The Morgan fingerprint density at radius 3 is 2.18 bits per heavy atom. The summed E-state index contributed by atoms with van der Waals surface area (Å²) in [5, 5.41) is 0. The lowest BCUT2D eigenvalue weighted by molar-refractivity contribution is -0.126. The van der Waals surface area contributed by atoms with E-state index in [1.165, 1.54) is 0 Å². The molecule has 11 heavy (non-hydrogen) atoms. The first kappa shape index (κ1) is 10.6. The molecule has 0 saturated carbocycles. The molecule has 0 heterocycles. The third-order valence-electron chi connectivity index (χ3n) is 1.69. The highest BCUT2D eigenvalue weighted by atomic mass is 16.1. The minimum atomic E-state index is -0.172. The number of nitrogens with two attached hydrogens (primary N) is 1. The van der Waals surface area contributed by atoms with E-state index in [1.54, 1.807) is 0 Å². The van der Waals surface area contributed by atoms with E-state index in [2.05, 4.69) is 0 Å². The Balaban J connectivity index is 3.54. The van der Waals surface area contributed by atoms with Crippen LogP contribution in [0.2, 0.25) is 0 Å². The summed E-state index contributed by atoms with van der Waals surface area (Å²) < 4.78 is 0. The van der Waals surface area contributed by atoms with Gasteiger partial charge in [-0.1, -0.05) is 20.8 Å². The predicted molar refractivity (Wildman–Crippen MR) is 47.4 cm³/mol. The van der Waals surface area contributed by atoms with Gasteiger partial charge in [0.25, 0.3) is 0 Å². The molecule has 0 aliphatic carbocycles. The van der Waals surface area contributed by atoms with E-state index in [-0.39, 0.29) is 5.41 Å². The molecule has 0 fully saturated rings. The van der Waals surface area contributed by atoms with E-state index in [1.807, 2.05) is 20.8 Å². The molecule has 0 spiro atoms. The van der Waals surface area contributed by atoms with Crippen LogP contribution in [0, 0.1) is 5.41 Å². The molecule has 0 aromatic heterocycles. The fraction of sp³-hybridized carbons (Fsp3) is 0.889. The molecule has 2 N–H and O–H groups in total. The summed E-state index contributed by atoms with van der Waals surface area (Å²) in [4.78, 5) is 11.3. The quantitative estimate of drug-likeness (QED) is 0.631. The van der Waals surface area contributed by atoms with Crippen molar-refractivity contribution >= 4 is 5.78 Å². The zero-order valence-corrected chi connectivity index (χ0v) is 7.81. The summed E-state index contributed by atoms with van der Waals surface area (Å²) in [7, 11) is 0. The first-order chi connectivity index (χ1) is 4.98. The van der Waals surface area contributed by atoms with Crippen molar-refractivity contribution in [1.82, 2.24) is 0 Å². The van der Waals surface area contributed by atoms with Gasteiger partial charge in [-0.15, -0.1) is 0 Å². The standard InChI is InChI=1S/C9H19NO/c1-9(2,3)8(11)6-4-5-7-10/h4-7,10H2,1-3H3. The highest BCUT2D eigenvalue weighted by molar-refractivity contribution is 5.83. The second kappa shape index (κ2) is 4.50. The maximum Gasteiger partial charge on any atom is 0.138 e. The number of hydrogen-bond acceptors (Lipinski definition) is 2. The van der Waals surface area contributed by atoms with Crippen LogP contribution in [0.4, 0.5) is 0 Å². The van der Waals surface area contributed by atoms with Crippen LogP contribution in [0.15, 0.2) is 0 Å². The van der Waals surface area contributed by atoms with Gasteiger partial charge in [0.1, 0.15) is 5.78 Å². The zero-order chi connectivity index (χ0) is 8.91. The molecule has 0 aromatic carbocycles. The smallest absolute Gasteiger partial charge is 0.138 e. The van der Waals surface area contributed by atoms with E-state index >= 15 is 0 Å². The van der Waals surface area contributed by atoms with Crippen LogP contribution in [-0.2, 0) is 4.79 Å². The van der Waals surface area contributed by atoms with Gasteiger partial charge in [-0.25, -0.2) is 0 Å². The topological polar surface area (TPSA) is 43.1 Å². The van der Waals surface area contributed by atoms with Crippen LogP contribution in [0.5, 0.6) is 0 Å². The summed E-state index contributed by atoms with van der Waals surface area (Å²) in [6, 6.07) is 0. The Labute approximate surface area is 69.2 Å². The fourth-order valence-electron chi connectivity index (χ4n) is 0.805. The lowest BCUT2D eigenvalue weighted by Crippen LogP contribution is -2.19. The van der Waals surface area contributed by atoms with E-state index < -0.39 is 0 Å². The number of rotatable bonds is 4. The Kier molecular flexibility index (Phi) is 4.34. The largest absolute Gasteiger partial charge is 0.330 e. The van der Waals surface area contributed by atoms with Gasteiger partial charge in [0.2, 0.25) is 0 Å². The van der Waals surface area contributed by atoms with Gasteiger partial charge in [0.15, 0.2) is 0 Å². The van der Waals surface area contributed by atoms with Crippen LogP contribution in [0.1, 0.15) is 40.0 Å². The SMILES string of the molecule is CC(C)(C)C(=O)CCCCN. The molecule has 0 aliphatic rings. The average Bonchev–Trinajstić information content (AvgIpc) is 1.86. The fourth-order valence-corrected chi connectivity index (χ4v) is 0.805. The Hall–Kier alpha value is -0.370. The summed E-state index contributed by atoms with van der Waals surface area (Å²) >= 11 is 0. The number of unbranched alkanes of at least 4 members (excludes halogenated alkanes) is 1.